The third kappa shape index (κ3) is 4.49. The van der Waals surface area contributed by atoms with Crippen LogP contribution in [0.25, 0.3) is 10.9 Å². The largest absolute Gasteiger partial charge is 0.474 e. The number of β-amino-alcohol motifs (C(OH)–C–C–N with tert-alkyl or cyclic N) is 1. The predicted molar refractivity (Wildman–Crippen MR) is 116 cm³/mol. The first-order valence-corrected chi connectivity index (χ1v) is 10.7. The van der Waals surface area contributed by atoms with E-state index in [1.807, 2.05) is 19.9 Å². The fourth-order valence-electron chi connectivity index (χ4n) is 4.37. The van der Waals surface area contributed by atoms with Crippen LogP contribution in [0.1, 0.15) is 27.2 Å². The van der Waals surface area contributed by atoms with E-state index < -0.39 is 5.60 Å². The Morgan fingerprint density at radius 2 is 1.97 bits per heavy atom. The molecule has 8 heteroatoms. The molecule has 8 nitrogen and oxygen atoms in total. The number of nitrogens with zero attached hydrogens (tertiary/aromatic N) is 5. The van der Waals surface area contributed by atoms with Gasteiger partial charge in [0.05, 0.1) is 29.2 Å². The lowest BCUT2D eigenvalue weighted by molar-refractivity contribution is -0.128. The molecule has 162 valence electrons. The van der Waals surface area contributed by atoms with Gasteiger partial charge in [0.25, 0.3) is 0 Å². The van der Waals surface area contributed by atoms with Crippen LogP contribution in [-0.2, 0) is 4.79 Å². The van der Waals surface area contributed by atoms with Gasteiger partial charge in [0, 0.05) is 51.9 Å². The molecule has 2 aliphatic heterocycles. The van der Waals surface area contributed by atoms with Gasteiger partial charge in [-0.05, 0) is 38.5 Å². The van der Waals surface area contributed by atoms with E-state index in [9.17, 15) is 9.90 Å². The zero-order chi connectivity index (χ0) is 21.3. The molecule has 0 bridgehead atoms. The Hall–Kier alpha value is -2.45. The number of hydrogen-bond acceptors (Lipinski definition) is 7. The van der Waals surface area contributed by atoms with Gasteiger partial charge in [0.1, 0.15) is 6.33 Å². The van der Waals surface area contributed by atoms with Crippen molar-refractivity contribution in [1.82, 2.24) is 19.8 Å². The van der Waals surface area contributed by atoms with Gasteiger partial charge in [-0.3, -0.25) is 9.69 Å². The van der Waals surface area contributed by atoms with E-state index in [1.54, 1.807) is 18.2 Å². The summed E-state index contributed by atoms with van der Waals surface area (Å²) in [5, 5.41) is 11.8. The SMILES string of the molecule is CC(=O)N1CCC(O)(CN2CCN(c3ccc4ncnc(OC(C)C)c4c3)CC2)C1. The van der Waals surface area contributed by atoms with Crippen LogP contribution >= 0.6 is 0 Å². The maximum atomic E-state index is 11.6. The Morgan fingerprint density at radius 3 is 2.63 bits per heavy atom. The molecule has 30 heavy (non-hydrogen) atoms. The number of benzene rings is 1. The average molecular weight is 414 g/mol. The third-order valence-corrected chi connectivity index (χ3v) is 5.96. The lowest BCUT2D eigenvalue weighted by Gasteiger charge is -2.39. The monoisotopic (exact) mass is 413 g/mol. The van der Waals surface area contributed by atoms with Gasteiger partial charge in [-0.25, -0.2) is 9.97 Å². The lowest BCUT2D eigenvalue weighted by atomic mass is 10.0. The van der Waals surface area contributed by atoms with Crippen LogP contribution < -0.4 is 9.64 Å². The van der Waals surface area contributed by atoms with E-state index >= 15 is 0 Å². The minimum absolute atomic E-state index is 0.0387. The quantitative estimate of drug-likeness (QED) is 0.796. The fraction of sp³-hybridized carbons (Fsp3) is 0.591. The molecule has 0 saturated carbocycles. The van der Waals surface area contributed by atoms with Gasteiger partial charge >= 0.3 is 0 Å². The van der Waals surface area contributed by atoms with E-state index in [1.165, 1.54) is 0 Å². The third-order valence-electron chi connectivity index (χ3n) is 5.96. The van der Waals surface area contributed by atoms with Crippen molar-refractivity contribution in [3.05, 3.63) is 24.5 Å². The molecule has 1 atom stereocenters. The van der Waals surface area contributed by atoms with Crippen LogP contribution in [0.5, 0.6) is 5.88 Å². The molecule has 3 heterocycles. The summed E-state index contributed by atoms with van der Waals surface area (Å²) < 4.78 is 5.86. The Kier molecular flexibility index (Phi) is 5.79. The number of anilines is 1. The molecule has 2 fully saturated rings. The van der Waals surface area contributed by atoms with Crippen molar-refractivity contribution >= 4 is 22.5 Å². The van der Waals surface area contributed by atoms with Crippen LogP contribution in [0, 0.1) is 0 Å². The van der Waals surface area contributed by atoms with Crippen LogP contribution in [0.15, 0.2) is 24.5 Å². The van der Waals surface area contributed by atoms with E-state index in [4.69, 9.17) is 4.74 Å². The second-order valence-corrected chi connectivity index (χ2v) is 8.72. The standard InChI is InChI=1S/C22H31N5O3/c1-16(2)30-21-19-12-18(4-5-20(19)23-15-24-21)26-10-8-25(9-11-26)13-22(29)6-7-27(14-22)17(3)28/h4-5,12,15-16,29H,6-11,13-14H2,1-3H3. The van der Waals surface area contributed by atoms with Crippen molar-refractivity contribution in [3.8, 4) is 5.88 Å². The van der Waals surface area contributed by atoms with Crippen LogP contribution in [0.2, 0.25) is 0 Å². The molecule has 0 radical (unpaired) electrons. The van der Waals surface area contributed by atoms with E-state index in [0.29, 0.717) is 31.9 Å². The molecular weight excluding hydrogens is 382 g/mol. The highest BCUT2D eigenvalue weighted by atomic mass is 16.5. The first-order valence-electron chi connectivity index (χ1n) is 10.7. The summed E-state index contributed by atoms with van der Waals surface area (Å²) in [4.78, 5) is 26.6. The number of aromatic nitrogens is 2. The number of amides is 1. The number of likely N-dealkylation sites (tertiary alicyclic amines) is 1. The molecule has 1 aromatic heterocycles. The van der Waals surface area contributed by atoms with Crippen LogP contribution in [0.3, 0.4) is 0 Å². The minimum Gasteiger partial charge on any atom is -0.474 e. The van der Waals surface area contributed by atoms with Crippen molar-refractivity contribution in [2.24, 2.45) is 0 Å². The number of rotatable bonds is 5. The van der Waals surface area contributed by atoms with Gasteiger partial charge in [-0.1, -0.05) is 0 Å². The Labute approximate surface area is 177 Å². The summed E-state index contributed by atoms with van der Waals surface area (Å²) in [6.45, 7) is 10.8. The normalized spacial score (nSPS) is 22.8. The number of carbonyl (C=O) groups is 1. The molecular formula is C22H31N5O3. The molecule has 0 aliphatic carbocycles. The second kappa shape index (κ2) is 8.35. The van der Waals surface area contributed by atoms with Crippen molar-refractivity contribution in [2.75, 3.05) is 50.7 Å². The smallest absolute Gasteiger partial charge is 0.224 e. The number of fused-ring (bicyclic) bond motifs is 1. The molecule has 1 unspecified atom stereocenters. The van der Waals surface area contributed by atoms with Crippen molar-refractivity contribution in [1.29, 1.82) is 0 Å². The number of aliphatic hydroxyl groups is 1. The summed E-state index contributed by atoms with van der Waals surface area (Å²) in [6, 6.07) is 6.22. The summed E-state index contributed by atoms with van der Waals surface area (Å²) in [5.74, 6) is 0.658. The van der Waals surface area contributed by atoms with Crippen molar-refractivity contribution < 1.29 is 14.6 Å². The highest BCUT2D eigenvalue weighted by Crippen LogP contribution is 2.29. The first kappa shape index (κ1) is 20.8. The van der Waals surface area contributed by atoms with Crippen LogP contribution in [-0.4, -0.2) is 88.3 Å². The summed E-state index contributed by atoms with van der Waals surface area (Å²) in [7, 11) is 0. The molecule has 1 amide bonds. The summed E-state index contributed by atoms with van der Waals surface area (Å²) in [5.41, 5.74) is 1.21. The second-order valence-electron chi connectivity index (χ2n) is 8.72. The van der Waals surface area contributed by atoms with E-state index in [0.717, 1.165) is 42.8 Å². The number of piperazine rings is 1. The van der Waals surface area contributed by atoms with Crippen molar-refractivity contribution in [2.45, 2.75) is 38.9 Å². The molecule has 2 aromatic rings. The zero-order valence-electron chi connectivity index (χ0n) is 18.0. The van der Waals surface area contributed by atoms with E-state index in [-0.39, 0.29) is 12.0 Å². The van der Waals surface area contributed by atoms with Gasteiger partial charge in [0.2, 0.25) is 11.8 Å². The maximum absolute atomic E-state index is 11.6. The van der Waals surface area contributed by atoms with Gasteiger partial charge in [0.15, 0.2) is 0 Å². The van der Waals surface area contributed by atoms with Crippen molar-refractivity contribution in [3.63, 3.8) is 0 Å². The number of ether oxygens (including phenoxy) is 1. The average Bonchev–Trinajstić information content (AvgIpc) is 3.10. The van der Waals surface area contributed by atoms with Gasteiger partial charge in [-0.15, -0.1) is 0 Å². The van der Waals surface area contributed by atoms with Crippen LogP contribution in [0.4, 0.5) is 5.69 Å². The Bertz CT molecular complexity index is 913. The maximum Gasteiger partial charge on any atom is 0.224 e. The minimum atomic E-state index is -0.794. The molecule has 1 N–H and O–H groups in total. The van der Waals surface area contributed by atoms with Gasteiger partial charge < -0.3 is 19.6 Å². The Morgan fingerprint density at radius 1 is 1.20 bits per heavy atom. The lowest BCUT2D eigenvalue weighted by Crippen LogP contribution is -2.53. The summed E-state index contributed by atoms with van der Waals surface area (Å²) >= 11 is 0. The van der Waals surface area contributed by atoms with Gasteiger partial charge in [-0.2, -0.15) is 0 Å². The highest BCUT2D eigenvalue weighted by Gasteiger charge is 2.39. The molecule has 2 saturated heterocycles. The first-order chi connectivity index (χ1) is 14.3. The number of carbonyl (C=O) groups excluding carboxylic acids is 1. The molecule has 2 aliphatic rings. The topological polar surface area (TPSA) is 82.0 Å². The molecule has 4 rings (SSSR count). The predicted octanol–water partition coefficient (Wildman–Crippen LogP) is 1.52. The fourth-order valence-corrected chi connectivity index (χ4v) is 4.37. The van der Waals surface area contributed by atoms with E-state index in [2.05, 4.69) is 31.9 Å². The zero-order valence-corrected chi connectivity index (χ0v) is 18.0. The number of hydrogen-bond donors (Lipinski definition) is 1. The molecule has 0 spiro atoms. The Balaban J connectivity index is 1.40. The molecule has 1 aromatic carbocycles. The highest BCUT2D eigenvalue weighted by molar-refractivity contribution is 5.86. The summed E-state index contributed by atoms with van der Waals surface area (Å²) in [6.07, 6.45) is 2.24.